The van der Waals surface area contributed by atoms with Crippen molar-refractivity contribution >= 4 is 33.5 Å². The Hall–Kier alpha value is -3.47. The fourth-order valence-electron chi connectivity index (χ4n) is 5.49. The molecule has 2 aromatic rings. The van der Waals surface area contributed by atoms with Gasteiger partial charge in [-0.2, -0.15) is 8.42 Å². The molecule has 1 unspecified atom stereocenters. The van der Waals surface area contributed by atoms with E-state index < -0.39 is 21.9 Å². The van der Waals surface area contributed by atoms with Crippen LogP contribution in [0.1, 0.15) is 83.3 Å². The molecular formula is C30H41N5O5S. The third kappa shape index (κ3) is 7.25. The molecular weight excluding hydrogens is 542 g/mol. The summed E-state index contributed by atoms with van der Waals surface area (Å²) < 4.78 is 33.8. The van der Waals surface area contributed by atoms with Crippen LogP contribution >= 0.6 is 0 Å². The molecule has 41 heavy (non-hydrogen) atoms. The normalized spacial score (nSPS) is 22.2. The average Bonchev–Trinajstić information content (AvgIpc) is 3.19. The summed E-state index contributed by atoms with van der Waals surface area (Å²) >= 11 is 0. The summed E-state index contributed by atoms with van der Waals surface area (Å²) in [5.41, 5.74) is 0.452. The van der Waals surface area contributed by atoms with Crippen molar-refractivity contribution < 1.29 is 22.7 Å². The van der Waals surface area contributed by atoms with E-state index in [1.54, 1.807) is 37.3 Å². The molecule has 2 atom stereocenters. The fraction of sp³-hybridized carbons (Fsp3) is 0.533. The second kappa shape index (κ2) is 11.8. The number of esters is 1. The quantitative estimate of drug-likeness (QED) is 0.392. The Morgan fingerprint density at radius 1 is 1.17 bits per heavy atom. The second-order valence-corrected chi connectivity index (χ2v) is 14.0. The average molecular weight is 584 g/mol. The third-order valence-electron chi connectivity index (χ3n) is 7.57. The van der Waals surface area contributed by atoms with Crippen molar-refractivity contribution in [2.24, 2.45) is 5.92 Å². The van der Waals surface area contributed by atoms with Crippen molar-refractivity contribution in [2.75, 3.05) is 23.4 Å². The number of ether oxygens (including phenoxy) is 1. The van der Waals surface area contributed by atoms with Crippen LogP contribution in [0.2, 0.25) is 0 Å². The minimum absolute atomic E-state index is 0.110. The van der Waals surface area contributed by atoms with Crippen LogP contribution in [-0.4, -0.2) is 55.0 Å². The SMILES string of the molecule is CCOC(=O)/C=C\CC1CC[C@@H]2CN(c3nc(C(C)(C)C)ccc3C(=O)NS(=O)(=O)c3cccc(n3)N1)C(C)(C)C2. The van der Waals surface area contributed by atoms with Crippen LogP contribution in [0.3, 0.4) is 0 Å². The van der Waals surface area contributed by atoms with E-state index in [0.29, 0.717) is 37.1 Å². The summed E-state index contributed by atoms with van der Waals surface area (Å²) in [5, 5.41) is 3.08. The molecule has 10 nitrogen and oxygen atoms in total. The highest BCUT2D eigenvalue weighted by molar-refractivity contribution is 7.90. The van der Waals surface area contributed by atoms with Crippen molar-refractivity contribution in [3.05, 3.63) is 53.7 Å². The maximum Gasteiger partial charge on any atom is 0.330 e. The lowest BCUT2D eigenvalue weighted by Gasteiger charge is -2.34. The predicted octanol–water partition coefficient (Wildman–Crippen LogP) is 4.58. The molecule has 1 amide bonds. The van der Waals surface area contributed by atoms with Gasteiger partial charge in [-0.25, -0.2) is 19.5 Å². The molecule has 222 valence electrons. The molecule has 0 radical (unpaired) electrons. The minimum Gasteiger partial charge on any atom is -0.463 e. The molecule has 1 saturated heterocycles. The molecule has 4 heterocycles. The molecule has 2 N–H and O–H groups in total. The van der Waals surface area contributed by atoms with E-state index in [2.05, 4.69) is 54.5 Å². The molecule has 0 saturated carbocycles. The molecule has 4 bridgehead atoms. The first-order valence-corrected chi connectivity index (χ1v) is 15.6. The maximum atomic E-state index is 13.5. The van der Waals surface area contributed by atoms with Gasteiger partial charge in [-0.05, 0) is 76.6 Å². The molecule has 0 aromatic carbocycles. The summed E-state index contributed by atoms with van der Waals surface area (Å²) in [5.74, 6) is 0.0218. The second-order valence-electron chi connectivity index (χ2n) is 12.4. The van der Waals surface area contributed by atoms with Crippen molar-refractivity contribution in [2.45, 2.75) is 89.2 Å². The van der Waals surface area contributed by atoms with E-state index in [4.69, 9.17) is 9.72 Å². The van der Waals surface area contributed by atoms with Gasteiger partial charge in [0.1, 0.15) is 11.6 Å². The van der Waals surface area contributed by atoms with Gasteiger partial charge in [0.25, 0.3) is 15.9 Å². The molecule has 11 heteroatoms. The molecule has 2 aliphatic heterocycles. The number of carbonyl (C=O) groups is 2. The van der Waals surface area contributed by atoms with Crippen molar-refractivity contribution in [1.82, 2.24) is 14.7 Å². The Kier molecular flexibility index (Phi) is 8.77. The Bertz CT molecular complexity index is 1430. The van der Waals surface area contributed by atoms with Crippen molar-refractivity contribution in [3.63, 3.8) is 0 Å². The number of rotatable bonds is 4. The number of pyridine rings is 2. The number of nitrogens with one attached hydrogen (secondary N) is 2. The van der Waals surface area contributed by atoms with E-state index in [0.717, 1.165) is 25.0 Å². The Balaban J connectivity index is 1.76. The zero-order chi connectivity index (χ0) is 30.0. The van der Waals surface area contributed by atoms with E-state index in [1.807, 2.05) is 0 Å². The van der Waals surface area contributed by atoms with Gasteiger partial charge in [-0.1, -0.05) is 32.9 Å². The number of hydrogen-bond acceptors (Lipinski definition) is 9. The topological polar surface area (TPSA) is 131 Å². The van der Waals surface area contributed by atoms with E-state index in [-0.39, 0.29) is 27.6 Å². The van der Waals surface area contributed by atoms with E-state index in [1.165, 1.54) is 12.1 Å². The fourth-order valence-corrected chi connectivity index (χ4v) is 6.43. The summed E-state index contributed by atoms with van der Waals surface area (Å²) in [6.07, 6.45) is 6.23. The summed E-state index contributed by atoms with van der Waals surface area (Å²) in [4.78, 5) is 36.8. The molecule has 4 rings (SSSR count). The number of anilines is 2. The molecule has 2 aromatic heterocycles. The smallest absolute Gasteiger partial charge is 0.330 e. The number of sulfonamides is 1. The van der Waals surface area contributed by atoms with Crippen LogP contribution in [0.5, 0.6) is 0 Å². The van der Waals surface area contributed by atoms with Gasteiger partial charge in [0.05, 0.1) is 12.2 Å². The largest absolute Gasteiger partial charge is 0.463 e. The highest BCUT2D eigenvalue weighted by atomic mass is 32.2. The highest BCUT2D eigenvalue weighted by Gasteiger charge is 2.41. The highest BCUT2D eigenvalue weighted by Crippen LogP contribution is 2.40. The zero-order valence-electron chi connectivity index (χ0n) is 24.7. The lowest BCUT2D eigenvalue weighted by molar-refractivity contribution is -0.137. The summed E-state index contributed by atoms with van der Waals surface area (Å²) in [7, 11) is -4.28. The van der Waals surface area contributed by atoms with E-state index in [9.17, 15) is 18.0 Å². The van der Waals surface area contributed by atoms with Gasteiger partial charge in [-0.3, -0.25) is 4.79 Å². The van der Waals surface area contributed by atoms with Crippen molar-refractivity contribution in [3.8, 4) is 0 Å². The third-order valence-corrected chi connectivity index (χ3v) is 8.80. The van der Waals surface area contributed by atoms with E-state index >= 15 is 0 Å². The van der Waals surface area contributed by atoms with Gasteiger partial charge >= 0.3 is 5.97 Å². The monoisotopic (exact) mass is 583 g/mol. The Morgan fingerprint density at radius 2 is 1.93 bits per heavy atom. The van der Waals surface area contributed by atoms with Gasteiger partial charge in [0.15, 0.2) is 5.03 Å². The number of hydrogen-bond donors (Lipinski definition) is 2. The Labute approximate surface area is 243 Å². The van der Waals surface area contributed by atoms with Crippen LogP contribution in [0.25, 0.3) is 0 Å². The Morgan fingerprint density at radius 3 is 2.63 bits per heavy atom. The lowest BCUT2D eigenvalue weighted by atomic mass is 9.90. The summed E-state index contributed by atoms with van der Waals surface area (Å²) in [6, 6.07) is 7.98. The van der Waals surface area contributed by atoms with Gasteiger partial charge in [0.2, 0.25) is 0 Å². The minimum atomic E-state index is -4.28. The molecule has 0 aliphatic carbocycles. The van der Waals surface area contributed by atoms with Crippen LogP contribution in [-0.2, 0) is 25.0 Å². The first-order chi connectivity index (χ1) is 19.2. The molecule has 1 fully saturated rings. The number of nitrogens with zero attached hydrogens (tertiary/aromatic N) is 3. The number of fused-ring (bicyclic) bond motifs is 6. The van der Waals surface area contributed by atoms with Crippen molar-refractivity contribution in [1.29, 1.82) is 0 Å². The van der Waals surface area contributed by atoms with Gasteiger partial charge in [0, 0.05) is 35.3 Å². The molecule has 0 spiro atoms. The van der Waals surface area contributed by atoms with Crippen LogP contribution < -0.4 is 14.9 Å². The molecule has 2 aliphatic rings. The van der Waals surface area contributed by atoms with Gasteiger partial charge in [-0.15, -0.1) is 0 Å². The lowest BCUT2D eigenvalue weighted by Crippen LogP contribution is -2.41. The number of carbonyl (C=O) groups excluding carboxylic acids is 2. The van der Waals surface area contributed by atoms with Gasteiger partial charge < -0.3 is 15.0 Å². The van der Waals surface area contributed by atoms with Crippen LogP contribution in [0.4, 0.5) is 11.6 Å². The standard InChI is InChI=1S/C30H41N5O5S/c1-7-40-26(36)13-8-10-21-15-14-20-18-30(5,6)35(19-20)27-22(16-17-23(32-27)29(2,3)4)28(37)34-41(38,39)25-12-9-11-24(31-21)33-25/h8-9,11-13,16-17,20-21H,7,10,14-15,18-19H2,1-6H3,(H,31,33)(H,34,37)/b13-8-/t20-,21?/m0/s1. The maximum absolute atomic E-state index is 13.5. The number of amides is 1. The predicted molar refractivity (Wildman–Crippen MR) is 158 cm³/mol. The van der Waals surface area contributed by atoms with Crippen LogP contribution in [0, 0.1) is 5.92 Å². The zero-order valence-corrected chi connectivity index (χ0v) is 25.5. The van der Waals surface area contributed by atoms with Crippen LogP contribution in [0.15, 0.2) is 47.5 Å². The summed E-state index contributed by atoms with van der Waals surface area (Å²) in [6.45, 7) is 13.2. The first-order valence-electron chi connectivity index (χ1n) is 14.1. The number of aromatic nitrogens is 2. The first kappa shape index (κ1) is 30.5.